The van der Waals surface area contributed by atoms with E-state index in [-0.39, 0.29) is 13.0 Å². The van der Waals surface area contributed by atoms with Crippen molar-refractivity contribution in [1.82, 2.24) is 10.3 Å². The van der Waals surface area contributed by atoms with E-state index < -0.39 is 17.9 Å². The van der Waals surface area contributed by atoms with Gasteiger partial charge in [0.25, 0.3) is 0 Å². The Morgan fingerprint density at radius 1 is 1.50 bits per heavy atom. The molecule has 0 saturated carbocycles. The van der Waals surface area contributed by atoms with Crippen molar-refractivity contribution >= 4 is 11.9 Å². The molecule has 0 aliphatic heterocycles. The summed E-state index contributed by atoms with van der Waals surface area (Å²) in [5.41, 5.74) is 5.79. The molecule has 0 radical (unpaired) electrons. The minimum Gasteiger partial charge on any atom is -0.480 e. The summed E-state index contributed by atoms with van der Waals surface area (Å²) in [5.74, 6) is -1.55. The zero-order valence-electron chi connectivity index (χ0n) is 8.59. The average Bonchev–Trinajstić information content (AvgIpc) is 2.27. The molecule has 0 aromatic carbocycles. The van der Waals surface area contributed by atoms with Gasteiger partial charge in [-0.3, -0.25) is 9.78 Å². The molecule has 1 atom stereocenters. The Kier molecular flexibility index (Phi) is 4.41. The molecule has 6 heteroatoms. The quantitative estimate of drug-likeness (QED) is 0.603. The lowest BCUT2D eigenvalue weighted by atomic mass is 10.2. The fourth-order valence-corrected chi connectivity index (χ4v) is 1.13. The van der Waals surface area contributed by atoms with Gasteiger partial charge in [-0.1, -0.05) is 6.07 Å². The molecular weight excluding hydrogens is 210 g/mol. The van der Waals surface area contributed by atoms with Gasteiger partial charge in [-0.15, -0.1) is 0 Å². The first-order valence-electron chi connectivity index (χ1n) is 4.75. The van der Waals surface area contributed by atoms with Gasteiger partial charge in [0.05, 0.1) is 6.42 Å². The summed E-state index contributed by atoms with van der Waals surface area (Å²) in [7, 11) is 0. The van der Waals surface area contributed by atoms with Crippen molar-refractivity contribution in [2.24, 2.45) is 5.73 Å². The first kappa shape index (κ1) is 12.1. The Bertz CT molecular complexity index is 367. The summed E-state index contributed by atoms with van der Waals surface area (Å²) >= 11 is 0. The Labute approximate surface area is 92.5 Å². The van der Waals surface area contributed by atoms with Crippen molar-refractivity contribution in [2.75, 3.05) is 6.54 Å². The van der Waals surface area contributed by atoms with E-state index in [2.05, 4.69) is 10.3 Å². The van der Waals surface area contributed by atoms with Gasteiger partial charge in [-0.05, 0) is 12.1 Å². The van der Waals surface area contributed by atoms with Crippen LogP contribution in [0.2, 0.25) is 0 Å². The molecule has 4 N–H and O–H groups in total. The first-order chi connectivity index (χ1) is 7.63. The predicted molar refractivity (Wildman–Crippen MR) is 56.6 cm³/mol. The highest BCUT2D eigenvalue weighted by Gasteiger charge is 2.17. The summed E-state index contributed by atoms with van der Waals surface area (Å²) in [6, 6.07) is 4.14. The van der Waals surface area contributed by atoms with Crippen molar-refractivity contribution in [3.05, 3.63) is 30.1 Å². The molecular formula is C10H13N3O3. The number of nitrogens with two attached hydrogens (primary N) is 1. The van der Waals surface area contributed by atoms with Crippen LogP contribution in [0.4, 0.5) is 0 Å². The van der Waals surface area contributed by atoms with Crippen LogP contribution < -0.4 is 11.1 Å². The van der Waals surface area contributed by atoms with Crippen molar-refractivity contribution in [2.45, 2.75) is 12.5 Å². The molecule has 1 unspecified atom stereocenters. The molecule has 1 rings (SSSR count). The molecule has 0 bridgehead atoms. The monoisotopic (exact) mass is 223 g/mol. The van der Waals surface area contributed by atoms with E-state index in [0.717, 1.165) is 0 Å². The maximum absolute atomic E-state index is 11.4. The smallest absolute Gasteiger partial charge is 0.327 e. The molecule has 1 amide bonds. The lowest BCUT2D eigenvalue weighted by Crippen LogP contribution is -2.46. The Balaban J connectivity index is 2.50. The zero-order valence-corrected chi connectivity index (χ0v) is 8.59. The number of pyridine rings is 1. The maximum Gasteiger partial charge on any atom is 0.327 e. The number of carbonyl (C=O) groups excluding carboxylic acids is 1. The molecule has 1 heterocycles. The standard InChI is InChI=1S/C10H13N3O3/c11-6-8(10(15)16)13-9(14)5-7-3-1-2-4-12-7/h1-4,8H,5-6,11H2,(H,13,14)(H,15,16). The number of amides is 1. The number of hydrogen-bond acceptors (Lipinski definition) is 4. The average molecular weight is 223 g/mol. The number of nitrogens with zero attached hydrogens (tertiary/aromatic N) is 1. The normalized spacial score (nSPS) is 11.8. The Morgan fingerprint density at radius 2 is 2.25 bits per heavy atom. The number of rotatable bonds is 5. The fraction of sp³-hybridized carbons (Fsp3) is 0.300. The largest absolute Gasteiger partial charge is 0.480 e. The number of carbonyl (C=O) groups is 2. The number of hydrogen-bond donors (Lipinski definition) is 3. The highest BCUT2D eigenvalue weighted by molar-refractivity contribution is 5.84. The van der Waals surface area contributed by atoms with Crippen LogP contribution in [0, 0.1) is 0 Å². The van der Waals surface area contributed by atoms with Crippen LogP contribution in [0.25, 0.3) is 0 Å². The van der Waals surface area contributed by atoms with Crippen molar-refractivity contribution < 1.29 is 14.7 Å². The van der Waals surface area contributed by atoms with Crippen LogP contribution in [0.1, 0.15) is 5.69 Å². The predicted octanol–water partition coefficient (Wildman–Crippen LogP) is -0.848. The Morgan fingerprint density at radius 3 is 2.75 bits per heavy atom. The molecule has 86 valence electrons. The molecule has 0 aliphatic carbocycles. The van der Waals surface area contributed by atoms with Crippen molar-refractivity contribution in [1.29, 1.82) is 0 Å². The third-order valence-corrected chi connectivity index (χ3v) is 1.94. The van der Waals surface area contributed by atoms with E-state index in [9.17, 15) is 9.59 Å². The number of carboxylic acids is 1. The molecule has 0 spiro atoms. The topological polar surface area (TPSA) is 105 Å². The van der Waals surface area contributed by atoms with E-state index in [0.29, 0.717) is 5.69 Å². The minimum atomic E-state index is -1.14. The third kappa shape index (κ3) is 3.66. The van der Waals surface area contributed by atoms with Gasteiger partial charge in [-0.25, -0.2) is 4.79 Å². The van der Waals surface area contributed by atoms with Gasteiger partial charge in [0.2, 0.25) is 5.91 Å². The molecule has 16 heavy (non-hydrogen) atoms. The van der Waals surface area contributed by atoms with Crippen LogP contribution in [0.3, 0.4) is 0 Å². The Hall–Kier alpha value is -1.95. The number of nitrogens with one attached hydrogen (secondary N) is 1. The van der Waals surface area contributed by atoms with Gasteiger partial charge in [0.1, 0.15) is 6.04 Å². The van der Waals surface area contributed by atoms with Gasteiger partial charge in [0.15, 0.2) is 0 Å². The second kappa shape index (κ2) is 5.82. The van der Waals surface area contributed by atoms with Gasteiger partial charge in [-0.2, -0.15) is 0 Å². The summed E-state index contributed by atoms with van der Waals surface area (Å²) in [5, 5.41) is 11.0. The lowest BCUT2D eigenvalue weighted by molar-refractivity contribution is -0.141. The van der Waals surface area contributed by atoms with Gasteiger partial charge < -0.3 is 16.2 Å². The van der Waals surface area contributed by atoms with Crippen LogP contribution in [0.5, 0.6) is 0 Å². The van der Waals surface area contributed by atoms with E-state index in [1.165, 1.54) is 0 Å². The lowest BCUT2D eigenvalue weighted by Gasteiger charge is -2.11. The minimum absolute atomic E-state index is 0.0462. The van der Waals surface area contributed by atoms with Crippen LogP contribution in [0.15, 0.2) is 24.4 Å². The molecule has 0 fully saturated rings. The molecule has 0 saturated heterocycles. The van der Waals surface area contributed by atoms with Crippen molar-refractivity contribution in [3.8, 4) is 0 Å². The molecule has 0 aliphatic rings. The second-order valence-electron chi connectivity index (χ2n) is 3.19. The van der Waals surface area contributed by atoms with Crippen LogP contribution >= 0.6 is 0 Å². The first-order valence-corrected chi connectivity index (χ1v) is 4.75. The summed E-state index contributed by atoms with van der Waals surface area (Å²) < 4.78 is 0. The van der Waals surface area contributed by atoms with Gasteiger partial charge >= 0.3 is 5.97 Å². The zero-order chi connectivity index (χ0) is 12.0. The van der Waals surface area contributed by atoms with Gasteiger partial charge in [0, 0.05) is 18.4 Å². The fourth-order valence-electron chi connectivity index (χ4n) is 1.13. The summed E-state index contributed by atoms with van der Waals surface area (Å²) in [6.07, 6.45) is 1.62. The van der Waals surface area contributed by atoms with E-state index in [1.54, 1.807) is 24.4 Å². The molecule has 6 nitrogen and oxygen atoms in total. The van der Waals surface area contributed by atoms with E-state index in [4.69, 9.17) is 10.8 Å². The maximum atomic E-state index is 11.4. The van der Waals surface area contributed by atoms with E-state index in [1.807, 2.05) is 0 Å². The number of aliphatic carboxylic acids is 1. The molecule has 1 aromatic heterocycles. The molecule has 1 aromatic rings. The SMILES string of the molecule is NCC(NC(=O)Cc1ccccn1)C(=O)O. The van der Waals surface area contributed by atoms with Crippen LogP contribution in [-0.4, -0.2) is 34.6 Å². The number of aromatic nitrogens is 1. The third-order valence-electron chi connectivity index (χ3n) is 1.94. The highest BCUT2D eigenvalue weighted by Crippen LogP contribution is 1.95. The highest BCUT2D eigenvalue weighted by atomic mass is 16.4. The van der Waals surface area contributed by atoms with E-state index >= 15 is 0 Å². The number of carboxylic acid groups (broad SMARTS) is 1. The summed E-state index contributed by atoms with van der Waals surface area (Å²) in [6.45, 7) is -0.136. The second-order valence-corrected chi connectivity index (χ2v) is 3.19. The van der Waals surface area contributed by atoms with Crippen LogP contribution in [-0.2, 0) is 16.0 Å². The summed E-state index contributed by atoms with van der Waals surface area (Å²) in [4.78, 5) is 26.0. The van der Waals surface area contributed by atoms with Crippen molar-refractivity contribution in [3.63, 3.8) is 0 Å².